The summed E-state index contributed by atoms with van der Waals surface area (Å²) in [6, 6.07) is 4.85. The van der Waals surface area contributed by atoms with Crippen molar-refractivity contribution in [2.24, 2.45) is 5.92 Å². The molecule has 0 aliphatic heterocycles. The highest BCUT2D eigenvalue weighted by Gasteiger charge is 2.14. The first-order valence-corrected chi connectivity index (χ1v) is 6.74. The number of hydrogen-bond acceptors (Lipinski definition) is 4. The standard InChI is InChI=1S/C15H16N4O2/c1-8(2)6-19-7-17-12-13(19)10-5-9(15(20)21)3-4-11(10)18-14(12)16/h3-5,7-8H,6H2,1-2H3,(H2,16,18)(H,20,21). The highest BCUT2D eigenvalue weighted by atomic mass is 16.4. The summed E-state index contributed by atoms with van der Waals surface area (Å²) in [5.74, 6) is -0.158. The van der Waals surface area contributed by atoms with Crippen molar-refractivity contribution >= 4 is 33.7 Å². The Hall–Kier alpha value is -2.63. The number of nitrogen functional groups attached to an aromatic ring is 1. The Morgan fingerprint density at radius 2 is 2.19 bits per heavy atom. The molecule has 0 amide bonds. The fraction of sp³-hybridized carbons (Fsp3) is 0.267. The number of hydrogen-bond donors (Lipinski definition) is 2. The van der Waals surface area contributed by atoms with Gasteiger partial charge in [0.05, 0.1) is 22.9 Å². The number of rotatable bonds is 3. The van der Waals surface area contributed by atoms with Crippen LogP contribution in [0.4, 0.5) is 5.82 Å². The van der Waals surface area contributed by atoms with Crippen LogP contribution in [0.5, 0.6) is 0 Å². The molecule has 1 aromatic carbocycles. The molecule has 108 valence electrons. The van der Waals surface area contributed by atoms with E-state index < -0.39 is 5.97 Å². The van der Waals surface area contributed by atoms with E-state index in [0.717, 1.165) is 17.4 Å². The van der Waals surface area contributed by atoms with Crippen molar-refractivity contribution in [3.8, 4) is 0 Å². The van der Waals surface area contributed by atoms with Gasteiger partial charge in [-0.05, 0) is 24.1 Å². The molecule has 6 nitrogen and oxygen atoms in total. The number of nitrogens with two attached hydrogens (primary N) is 1. The van der Waals surface area contributed by atoms with Gasteiger partial charge >= 0.3 is 5.97 Å². The third-order valence-electron chi connectivity index (χ3n) is 3.38. The topological polar surface area (TPSA) is 94.0 Å². The molecular formula is C15H16N4O2. The molecule has 0 atom stereocenters. The minimum Gasteiger partial charge on any atom is -0.478 e. The molecule has 0 saturated heterocycles. The van der Waals surface area contributed by atoms with Gasteiger partial charge in [0.1, 0.15) is 5.52 Å². The minimum absolute atomic E-state index is 0.229. The monoisotopic (exact) mass is 284 g/mol. The number of benzene rings is 1. The van der Waals surface area contributed by atoms with Gasteiger partial charge in [0.2, 0.25) is 0 Å². The summed E-state index contributed by atoms with van der Waals surface area (Å²) in [5.41, 5.74) is 8.33. The Labute approximate surface area is 121 Å². The highest BCUT2D eigenvalue weighted by Crippen LogP contribution is 2.28. The van der Waals surface area contributed by atoms with E-state index in [9.17, 15) is 4.79 Å². The molecule has 3 rings (SSSR count). The maximum atomic E-state index is 11.2. The number of carboxylic acids is 1. The van der Waals surface area contributed by atoms with Crippen LogP contribution in [0.1, 0.15) is 24.2 Å². The lowest BCUT2D eigenvalue weighted by molar-refractivity contribution is 0.0697. The van der Waals surface area contributed by atoms with Gasteiger partial charge in [-0.15, -0.1) is 0 Å². The molecule has 0 saturated carbocycles. The predicted molar refractivity (Wildman–Crippen MR) is 81.2 cm³/mol. The maximum absolute atomic E-state index is 11.2. The zero-order chi connectivity index (χ0) is 15.1. The number of nitrogens with zero attached hydrogens (tertiary/aromatic N) is 3. The van der Waals surface area contributed by atoms with Crippen molar-refractivity contribution in [1.82, 2.24) is 14.5 Å². The average Bonchev–Trinajstić information content (AvgIpc) is 2.82. The fourth-order valence-electron chi connectivity index (χ4n) is 2.52. The highest BCUT2D eigenvalue weighted by molar-refractivity contribution is 6.08. The number of pyridine rings is 1. The summed E-state index contributed by atoms with van der Waals surface area (Å²) in [7, 11) is 0. The van der Waals surface area contributed by atoms with Crippen LogP contribution >= 0.6 is 0 Å². The van der Waals surface area contributed by atoms with Crippen LogP contribution < -0.4 is 5.73 Å². The van der Waals surface area contributed by atoms with Crippen LogP contribution in [0, 0.1) is 5.92 Å². The Morgan fingerprint density at radius 3 is 2.86 bits per heavy atom. The molecule has 0 unspecified atom stereocenters. The van der Waals surface area contributed by atoms with Gasteiger partial charge in [0, 0.05) is 11.9 Å². The quantitative estimate of drug-likeness (QED) is 0.770. The Balaban J connectivity index is 2.39. The molecule has 0 aliphatic rings. The number of imidazole rings is 1. The first kappa shape index (κ1) is 13.4. The van der Waals surface area contributed by atoms with Gasteiger partial charge in [-0.25, -0.2) is 14.8 Å². The second-order valence-corrected chi connectivity index (χ2v) is 5.52. The van der Waals surface area contributed by atoms with E-state index in [2.05, 4.69) is 23.8 Å². The Kier molecular flexibility index (Phi) is 3.01. The van der Waals surface area contributed by atoms with E-state index >= 15 is 0 Å². The zero-order valence-electron chi connectivity index (χ0n) is 11.9. The van der Waals surface area contributed by atoms with Crippen LogP contribution in [-0.4, -0.2) is 25.6 Å². The summed E-state index contributed by atoms with van der Waals surface area (Å²) in [6.45, 7) is 5.01. The number of carbonyl (C=O) groups is 1. The summed E-state index contributed by atoms with van der Waals surface area (Å²) >= 11 is 0. The van der Waals surface area contributed by atoms with Crippen LogP contribution in [0.15, 0.2) is 24.5 Å². The van der Waals surface area contributed by atoms with Crippen LogP contribution in [0.25, 0.3) is 21.9 Å². The first-order chi connectivity index (χ1) is 9.97. The van der Waals surface area contributed by atoms with Gasteiger partial charge in [-0.2, -0.15) is 0 Å². The fourth-order valence-corrected chi connectivity index (χ4v) is 2.52. The summed E-state index contributed by atoms with van der Waals surface area (Å²) in [4.78, 5) is 19.8. The third-order valence-corrected chi connectivity index (χ3v) is 3.38. The second-order valence-electron chi connectivity index (χ2n) is 5.52. The van der Waals surface area contributed by atoms with E-state index in [0.29, 0.717) is 22.8 Å². The molecule has 0 fully saturated rings. The molecule has 0 spiro atoms. The molecule has 2 aromatic heterocycles. The molecule has 2 heterocycles. The maximum Gasteiger partial charge on any atom is 0.335 e. The van der Waals surface area contributed by atoms with Crippen molar-refractivity contribution in [2.75, 3.05) is 5.73 Å². The van der Waals surface area contributed by atoms with Crippen molar-refractivity contribution in [3.05, 3.63) is 30.1 Å². The van der Waals surface area contributed by atoms with E-state index in [-0.39, 0.29) is 5.56 Å². The van der Waals surface area contributed by atoms with E-state index in [4.69, 9.17) is 10.8 Å². The molecule has 0 bridgehead atoms. The number of aromatic nitrogens is 3. The van der Waals surface area contributed by atoms with Crippen LogP contribution in [-0.2, 0) is 6.54 Å². The Morgan fingerprint density at radius 1 is 1.43 bits per heavy atom. The SMILES string of the molecule is CC(C)Cn1cnc2c(N)nc3ccc(C(=O)O)cc3c21. The van der Waals surface area contributed by atoms with Gasteiger partial charge < -0.3 is 15.4 Å². The average molecular weight is 284 g/mol. The molecule has 21 heavy (non-hydrogen) atoms. The lowest BCUT2D eigenvalue weighted by Gasteiger charge is -2.10. The van der Waals surface area contributed by atoms with Gasteiger partial charge in [0.25, 0.3) is 0 Å². The van der Waals surface area contributed by atoms with Gasteiger partial charge in [0.15, 0.2) is 5.82 Å². The zero-order valence-corrected chi connectivity index (χ0v) is 11.9. The number of anilines is 1. The molecule has 0 aliphatic carbocycles. The minimum atomic E-state index is -0.961. The van der Waals surface area contributed by atoms with Crippen LogP contribution in [0.2, 0.25) is 0 Å². The van der Waals surface area contributed by atoms with Gasteiger partial charge in [-0.3, -0.25) is 0 Å². The largest absolute Gasteiger partial charge is 0.478 e. The van der Waals surface area contributed by atoms with Crippen LogP contribution in [0.3, 0.4) is 0 Å². The predicted octanol–water partition coefficient (Wildman–Crippen LogP) is 2.52. The van der Waals surface area contributed by atoms with Crippen molar-refractivity contribution in [1.29, 1.82) is 0 Å². The molecule has 0 radical (unpaired) electrons. The van der Waals surface area contributed by atoms with E-state index in [1.165, 1.54) is 6.07 Å². The molecular weight excluding hydrogens is 268 g/mol. The summed E-state index contributed by atoms with van der Waals surface area (Å²) < 4.78 is 2.01. The molecule has 3 N–H and O–H groups in total. The van der Waals surface area contributed by atoms with Crippen molar-refractivity contribution < 1.29 is 9.90 Å². The Bertz CT molecular complexity index is 852. The first-order valence-electron chi connectivity index (χ1n) is 6.74. The second kappa shape index (κ2) is 4.73. The molecule has 6 heteroatoms. The number of carboxylic acid groups (broad SMARTS) is 1. The molecule has 3 aromatic rings. The summed E-state index contributed by atoms with van der Waals surface area (Å²) in [6.07, 6.45) is 1.73. The number of fused-ring (bicyclic) bond motifs is 3. The number of aromatic carboxylic acids is 1. The van der Waals surface area contributed by atoms with Gasteiger partial charge in [-0.1, -0.05) is 13.8 Å². The van der Waals surface area contributed by atoms with Crippen molar-refractivity contribution in [2.45, 2.75) is 20.4 Å². The van der Waals surface area contributed by atoms with E-state index in [1.807, 2.05) is 4.57 Å². The lowest BCUT2D eigenvalue weighted by Crippen LogP contribution is -2.04. The smallest absolute Gasteiger partial charge is 0.335 e. The summed E-state index contributed by atoms with van der Waals surface area (Å²) in [5, 5.41) is 9.93. The van der Waals surface area contributed by atoms with Crippen molar-refractivity contribution in [3.63, 3.8) is 0 Å². The normalized spacial score (nSPS) is 11.6. The third kappa shape index (κ3) is 2.18. The lowest BCUT2D eigenvalue weighted by atomic mass is 10.1. The van der Waals surface area contributed by atoms with E-state index in [1.54, 1.807) is 18.5 Å².